The highest BCUT2D eigenvalue weighted by atomic mass is 16.5. The van der Waals surface area contributed by atoms with Crippen LogP contribution in [-0.2, 0) is 17.9 Å². The first kappa shape index (κ1) is 14.5. The summed E-state index contributed by atoms with van der Waals surface area (Å²) >= 11 is 0. The summed E-state index contributed by atoms with van der Waals surface area (Å²) in [6, 6.07) is 6.19. The maximum absolute atomic E-state index is 5.91. The molecule has 0 atom stereocenters. The third-order valence-electron chi connectivity index (χ3n) is 3.43. The van der Waals surface area contributed by atoms with E-state index in [2.05, 4.69) is 49.3 Å². The van der Waals surface area contributed by atoms with Gasteiger partial charge in [-0.2, -0.15) is 0 Å². The van der Waals surface area contributed by atoms with Crippen molar-refractivity contribution in [2.45, 2.75) is 71.2 Å². The predicted octanol–water partition coefficient (Wildman–Crippen LogP) is 3.43. The molecule has 1 aromatic heterocycles. The van der Waals surface area contributed by atoms with Gasteiger partial charge in [0.15, 0.2) is 0 Å². The van der Waals surface area contributed by atoms with Crippen molar-refractivity contribution in [3.63, 3.8) is 0 Å². The Labute approximate surface area is 116 Å². The molecule has 2 rings (SSSR count). The zero-order valence-electron chi connectivity index (χ0n) is 12.4. The molecule has 0 amide bonds. The molecule has 1 aliphatic rings. The summed E-state index contributed by atoms with van der Waals surface area (Å²) in [5.41, 5.74) is 2.25. The zero-order chi connectivity index (χ0) is 13.7. The van der Waals surface area contributed by atoms with E-state index in [0.29, 0.717) is 12.7 Å². The van der Waals surface area contributed by atoms with Gasteiger partial charge in [-0.15, -0.1) is 0 Å². The summed E-state index contributed by atoms with van der Waals surface area (Å²) in [5, 5.41) is 3.46. The third-order valence-corrected chi connectivity index (χ3v) is 3.43. The van der Waals surface area contributed by atoms with E-state index in [1.54, 1.807) is 0 Å². The van der Waals surface area contributed by atoms with E-state index in [9.17, 15) is 0 Å². The van der Waals surface area contributed by atoms with Gasteiger partial charge in [0.1, 0.15) is 0 Å². The molecule has 3 nitrogen and oxygen atoms in total. The lowest BCUT2D eigenvalue weighted by atomic mass is 10.1. The summed E-state index contributed by atoms with van der Waals surface area (Å²) < 4.78 is 5.91. The number of rotatable bonds is 5. The number of aromatic nitrogens is 1. The summed E-state index contributed by atoms with van der Waals surface area (Å²) in [7, 11) is 0. The van der Waals surface area contributed by atoms with Crippen molar-refractivity contribution in [2.24, 2.45) is 0 Å². The molecule has 1 N–H and O–H groups in total. The Morgan fingerprint density at radius 3 is 2.58 bits per heavy atom. The molecule has 0 saturated heterocycles. The lowest BCUT2D eigenvalue weighted by molar-refractivity contribution is 0.0437. The van der Waals surface area contributed by atoms with Crippen molar-refractivity contribution in [1.29, 1.82) is 0 Å². The first-order chi connectivity index (χ1) is 9.03. The smallest absolute Gasteiger partial charge is 0.0891 e. The molecule has 1 saturated carbocycles. The molecule has 3 heteroatoms. The van der Waals surface area contributed by atoms with Crippen LogP contribution < -0.4 is 5.32 Å². The first-order valence-electron chi connectivity index (χ1n) is 7.34. The molecule has 0 aromatic carbocycles. The van der Waals surface area contributed by atoms with Crippen LogP contribution in [0.2, 0.25) is 0 Å². The molecular formula is C16H26N2O. The molecule has 106 valence electrons. The minimum absolute atomic E-state index is 0.123. The van der Waals surface area contributed by atoms with E-state index >= 15 is 0 Å². The number of hydrogen-bond acceptors (Lipinski definition) is 3. The fourth-order valence-corrected chi connectivity index (χ4v) is 2.32. The van der Waals surface area contributed by atoms with Gasteiger partial charge in [0.05, 0.1) is 24.1 Å². The molecule has 0 radical (unpaired) electrons. The lowest BCUT2D eigenvalue weighted by Gasteiger charge is -2.20. The van der Waals surface area contributed by atoms with Crippen LogP contribution >= 0.6 is 0 Å². The van der Waals surface area contributed by atoms with E-state index in [0.717, 1.165) is 17.9 Å². The van der Waals surface area contributed by atoms with Gasteiger partial charge in [-0.1, -0.05) is 18.9 Å². The van der Waals surface area contributed by atoms with Crippen LogP contribution in [0.15, 0.2) is 18.2 Å². The Kier molecular flexibility index (Phi) is 4.94. The van der Waals surface area contributed by atoms with Crippen molar-refractivity contribution < 1.29 is 4.74 Å². The molecule has 19 heavy (non-hydrogen) atoms. The minimum Gasteiger partial charge on any atom is -0.372 e. The average molecular weight is 262 g/mol. The second kappa shape index (κ2) is 6.49. The summed E-state index contributed by atoms with van der Waals surface area (Å²) in [4.78, 5) is 4.65. The second-order valence-electron chi connectivity index (χ2n) is 6.44. The molecular weight excluding hydrogens is 236 g/mol. The summed E-state index contributed by atoms with van der Waals surface area (Å²) in [6.45, 7) is 7.95. The molecule has 1 aromatic rings. The van der Waals surface area contributed by atoms with Crippen molar-refractivity contribution in [3.8, 4) is 0 Å². The number of pyridine rings is 1. The van der Waals surface area contributed by atoms with Gasteiger partial charge in [0, 0.05) is 12.1 Å². The average Bonchev–Trinajstić information content (AvgIpc) is 2.87. The quantitative estimate of drug-likeness (QED) is 0.882. The van der Waals surface area contributed by atoms with Crippen molar-refractivity contribution in [1.82, 2.24) is 10.3 Å². The maximum Gasteiger partial charge on any atom is 0.0891 e. The SMILES string of the molecule is CC(C)(C)NCc1cccc(COC2CCCC2)n1. The van der Waals surface area contributed by atoms with Gasteiger partial charge in [0.2, 0.25) is 0 Å². The molecule has 1 aliphatic carbocycles. The minimum atomic E-state index is 0.123. The van der Waals surface area contributed by atoms with Gasteiger partial charge < -0.3 is 10.1 Å². The highest BCUT2D eigenvalue weighted by molar-refractivity contribution is 5.10. The Morgan fingerprint density at radius 2 is 1.89 bits per heavy atom. The molecule has 0 spiro atoms. The van der Waals surface area contributed by atoms with E-state index < -0.39 is 0 Å². The van der Waals surface area contributed by atoms with Gasteiger partial charge in [-0.05, 0) is 45.7 Å². The topological polar surface area (TPSA) is 34.1 Å². The normalized spacial score (nSPS) is 17.0. The van der Waals surface area contributed by atoms with E-state index in [4.69, 9.17) is 4.74 Å². The fourth-order valence-electron chi connectivity index (χ4n) is 2.32. The van der Waals surface area contributed by atoms with Crippen LogP contribution in [0.4, 0.5) is 0 Å². The maximum atomic E-state index is 5.91. The lowest BCUT2D eigenvalue weighted by Crippen LogP contribution is -2.35. The molecule has 0 unspecified atom stereocenters. The van der Waals surface area contributed by atoms with Crippen molar-refractivity contribution in [2.75, 3.05) is 0 Å². The Bertz CT molecular complexity index is 392. The molecule has 1 heterocycles. The van der Waals surface area contributed by atoms with Crippen LogP contribution in [0.1, 0.15) is 57.8 Å². The van der Waals surface area contributed by atoms with Crippen molar-refractivity contribution in [3.05, 3.63) is 29.6 Å². The van der Waals surface area contributed by atoms with Crippen molar-refractivity contribution >= 4 is 0 Å². The van der Waals surface area contributed by atoms with E-state index in [1.807, 2.05) is 0 Å². The molecule has 0 aliphatic heterocycles. The van der Waals surface area contributed by atoms with Gasteiger partial charge >= 0.3 is 0 Å². The molecule has 1 fully saturated rings. The Hall–Kier alpha value is -0.930. The Morgan fingerprint density at radius 1 is 1.21 bits per heavy atom. The van der Waals surface area contributed by atoms with Gasteiger partial charge in [-0.25, -0.2) is 0 Å². The number of ether oxygens (including phenoxy) is 1. The number of nitrogens with zero attached hydrogens (tertiary/aromatic N) is 1. The van der Waals surface area contributed by atoms with E-state index in [-0.39, 0.29) is 5.54 Å². The monoisotopic (exact) mass is 262 g/mol. The highest BCUT2D eigenvalue weighted by Crippen LogP contribution is 2.21. The van der Waals surface area contributed by atoms with Crippen LogP contribution in [0.5, 0.6) is 0 Å². The number of hydrogen-bond donors (Lipinski definition) is 1. The fraction of sp³-hybridized carbons (Fsp3) is 0.688. The van der Waals surface area contributed by atoms with Crippen LogP contribution in [0, 0.1) is 0 Å². The first-order valence-corrected chi connectivity index (χ1v) is 7.34. The van der Waals surface area contributed by atoms with Crippen LogP contribution in [0.3, 0.4) is 0 Å². The van der Waals surface area contributed by atoms with Crippen LogP contribution in [-0.4, -0.2) is 16.6 Å². The van der Waals surface area contributed by atoms with E-state index in [1.165, 1.54) is 25.7 Å². The predicted molar refractivity (Wildman–Crippen MR) is 77.9 cm³/mol. The van der Waals surface area contributed by atoms with Gasteiger partial charge in [0.25, 0.3) is 0 Å². The largest absolute Gasteiger partial charge is 0.372 e. The number of nitrogens with one attached hydrogen (secondary N) is 1. The zero-order valence-corrected chi connectivity index (χ0v) is 12.4. The van der Waals surface area contributed by atoms with Gasteiger partial charge in [-0.3, -0.25) is 4.98 Å². The van der Waals surface area contributed by atoms with Crippen LogP contribution in [0.25, 0.3) is 0 Å². The standard InChI is InChI=1S/C16H26N2O/c1-16(2,3)17-11-13-7-6-8-14(18-13)12-19-15-9-4-5-10-15/h6-8,15,17H,4-5,9-12H2,1-3H3. The summed E-state index contributed by atoms with van der Waals surface area (Å²) in [5.74, 6) is 0. The molecule has 0 bridgehead atoms. The summed E-state index contributed by atoms with van der Waals surface area (Å²) in [6.07, 6.45) is 5.51. The second-order valence-corrected chi connectivity index (χ2v) is 6.44. The highest BCUT2D eigenvalue weighted by Gasteiger charge is 2.15. The third kappa shape index (κ3) is 5.29. The Balaban J connectivity index is 1.84.